The number of hydrogen-bond acceptors (Lipinski definition) is 3. The number of rotatable bonds is 5. The highest BCUT2D eigenvalue weighted by molar-refractivity contribution is 9.10. The summed E-state index contributed by atoms with van der Waals surface area (Å²) >= 11 is 3.47. The first-order chi connectivity index (χ1) is 8.54. The number of aryl methyl sites for hydroxylation is 2. The lowest BCUT2D eigenvalue weighted by Crippen LogP contribution is -2.29. The van der Waals surface area contributed by atoms with Gasteiger partial charge in [-0.25, -0.2) is 0 Å². The largest absolute Gasteiger partial charge is 0.484 e. The molecule has 0 aliphatic rings. The number of hydrogen-bond donors (Lipinski definition) is 1. The number of halogens is 1. The molecule has 0 radical (unpaired) electrons. The highest BCUT2D eigenvalue weighted by Gasteiger charge is 2.05. The van der Waals surface area contributed by atoms with Crippen LogP contribution < -0.4 is 10.1 Å². The van der Waals surface area contributed by atoms with E-state index >= 15 is 0 Å². The Morgan fingerprint density at radius 3 is 2.61 bits per heavy atom. The van der Waals surface area contributed by atoms with E-state index in [0.29, 0.717) is 18.7 Å². The van der Waals surface area contributed by atoms with Crippen LogP contribution in [0.25, 0.3) is 0 Å². The number of amides is 1. The predicted octanol–water partition coefficient (Wildman–Crippen LogP) is 2.47. The molecule has 0 aliphatic carbocycles. The Balaban J connectivity index is 2.49. The van der Waals surface area contributed by atoms with Gasteiger partial charge in [0, 0.05) is 11.0 Å². The van der Waals surface area contributed by atoms with E-state index in [-0.39, 0.29) is 12.5 Å². The molecule has 0 aromatic heterocycles. The van der Waals surface area contributed by atoms with Crippen molar-refractivity contribution in [2.24, 2.45) is 0 Å². The molecule has 96 valence electrons. The number of ether oxygens (including phenoxy) is 1. The summed E-state index contributed by atoms with van der Waals surface area (Å²) in [6.07, 6.45) is 0.308. The molecule has 0 aliphatic heterocycles. The molecule has 18 heavy (non-hydrogen) atoms. The first-order valence-corrected chi connectivity index (χ1v) is 6.37. The average molecular weight is 311 g/mol. The molecule has 0 heterocycles. The molecule has 0 saturated carbocycles. The van der Waals surface area contributed by atoms with E-state index in [1.165, 1.54) is 0 Å². The predicted molar refractivity (Wildman–Crippen MR) is 72.4 cm³/mol. The number of carbonyl (C=O) groups is 1. The van der Waals surface area contributed by atoms with Gasteiger partial charge in [-0.05, 0) is 37.1 Å². The Bertz CT molecular complexity index is 457. The van der Waals surface area contributed by atoms with Gasteiger partial charge in [0.1, 0.15) is 5.75 Å². The highest BCUT2D eigenvalue weighted by atomic mass is 79.9. The van der Waals surface area contributed by atoms with Crippen molar-refractivity contribution in [1.82, 2.24) is 5.32 Å². The third-order valence-electron chi connectivity index (χ3n) is 2.34. The Morgan fingerprint density at radius 1 is 1.44 bits per heavy atom. The maximum Gasteiger partial charge on any atom is 0.257 e. The number of benzene rings is 1. The summed E-state index contributed by atoms with van der Waals surface area (Å²) in [6.45, 7) is 4.26. The minimum atomic E-state index is -0.219. The van der Waals surface area contributed by atoms with Crippen molar-refractivity contribution in [1.29, 1.82) is 5.26 Å². The molecule has 0 saturated heterocycles. The maximum atomic E-state index is 11.4. The quantitative estimate of drug-likeness (QED) is 0.850. The van der Waals surface area contributed by atoms with E-state index in [2.05, 4.69) is 21.2 Å². The van der Waals surface area contributed by atoms with Crippen molar-refractivity contribution >= 4 is 21.8 Å². The summed E-state index contributed by atoms with van der Waals surface area (Å²) in [5.74, 6) is 0.451. The van der Waals surface area contributed by atoms with Crippen LogP contribution in [0.15, 0.2) is 16.6 Å². The van der Waals surface area contributed by atoms with Crippen molar-refractivity contribution in [2.75, 3.05) is 13.2 Å². The van der Waals surface area contributed by atoms with Gasteiger partial charge in [-0.2, -0.15) is 5.26 Å². The molecule has 1 amide bonds. The molecule has 0 spiro atoms. The summed E-state index contributed by atoms with van der Waals surface area (Å²) in [4.78, 5) is 11.4. The van der Waals surface area contributed by atoms with Crippen molar-refractivity contribution < 1.29 is 9.53 Å². The van der Waals surface area contributed by atoms with Gasteiger partial charge in [0.05, 0.1) is 12.5 Å². The van der Waals surface area contributed by atoms with Gasteiger partial charge < -0.3 is 10.1 Å². The van der Waals surface area contributed by atoms with Gasteiger partial charge in [-0.1, -0.05) is 15.9 Å². The van der Waals surface area contributed by atoms with Gasteiger partial charge in [-0.15, -0.1) is 0 Å². The highest BCUT2D eigenvalue weighted by Crippen LogP contribution is 2.26. The van der Waals surface area contributed by atoms with E-state index in [0.717, 1.165) is 15.6 Å². The molecule has 1 aromatic carbocycles. The minimum Gasteiger partial charge on any atom is -0.484 e. The first-order valence-electron chi connectivity index (χ1n) is 5.57. The SMILES string of the molecule is Cc1cc(OCC(=O)NCCC#N)cc(C)c1Br. The summed E-state index contributed by atoms with van der Waals surface area (Å²) in [5, 5.41) is 10.9. The van der Waals surface area contributed by atoms with Crippen LogP contribution in [-0.4, -0.2) is 19.1 Å². The van der Waals surface area contributed by atoms with Crippen LogP contribution in [0.3, 0.4) is 0 Å². The molecule has 0 unspecified atom stereocenters. The monoisotopic (exact) mass is 310 g/mol. The normalized spacial score (nSPS) is 9.67. The second kappa shape index (κ2) is 7.02. The van der Waals surface area contributed by atoms with Crippen LogP contribution in [0, 0.1) is 25.2 Å². The summed E-state index contributed by atoms with van der Waals surface area (Å²) < 4.78 is 6.45. The number of nitrogens with zero attached hydrogens (tertiary/aromatic N) is 1. The van der Waals surface area contributed by atoms with Gasteiger partial charge in [0.2, 0.25) is 0 Å². The van der Waals surface area contributed by atoms with Crippen LogP contribution in [0.2, 0.25) is 0 Å². The number of nitrogens with one attached hydrogen (secondary N) is 1. The van der Waals surface area contributed by atoms with Gasteiger partial charge in [0.15, 0.2) is 6.61 Å². The molecule has 1 aromatic rings. The number of nitriles is 1. The second-order valence-electron chi connectivity index (χ2n) is 3.92. The molecule has 0 fully saturated rings. The van der Waals surface area contributed by atoms with Crippen molar-refractivity contribution in [3.8, 4) is 11.8 Å². The Kier molecular flexibility index (Phi) is 5.66. The zero-order chi connectivity index (χ0) is 13.5. The lowest BCUT2D eigenvalue weighted by molar-refractivity contribution is -0.123. The molecule has 5 heteroatoms. The van der Waals surface area contributed by atoms with Crippen LogP contribution in [0.4, 0.5) is 0 Å². The summed E-state index contributed by atoms with van der Waals surface area (Å²) in [5.41, 5.74) is 2.13. The Hall–Kier alpha value is -1.54. The minimum absolute atomic E-state index is 0.0358. The fraction of sp³-hybridized carbons (Fsp3) is 0.385. The number of carbonyl (C=O) groups excluding carboxylic acids is 1. The van der Waals surface area contributed by atoms with E-state index in [1.807, 2.05) is 32.0 Å². The van der Waals surface area contributed by atoms with Crippen molar-refractivity contribution in [3.63, 3.8) is 0 Å². The topological polar surface area (TPSA) is 62.1 Å². The van der Waals surface area contributed by atoms with E-state index in [4.69, 9.17) is 10.00 Å². The van der Waals surface area contributed by atoms with Crippen LogP contribution >= 0.6 is 15.9 Å². The van der Waals surface area contributed by atoms with Crippen LogP contribution in [0.5, 0.6) is 5.75 Å². The van der Waals surface area contributed by atoms with Crippen LogP contribution in [-0.2, 0) is 4.79 Å². The van der Waals surface area contributed by atoms with Crippen LogP contribution in [0.1, 0.15) is 17.5 Å². The summed E-state index contributed by atoms with van der Waals surface area (Å²) in [6, 6.07) is 5.71. The fourth-order valence-electron chi connectivity index (χ4n) is 1.45. The lowest BCUT2D eigenvalue weighted by atomic mass is 10.1. The first kappa shape index (κ1) is 14.5. The Morgan fingerprint density at radius 2 is 2.06 bits per heavy atom. The second-order valence-corrected chi connectivity index (χ2v) is 4.71. The zero-order valence-corrected chi connectivity index (χ0v) is 12.0. The van der Waals surface area contributed by atoms with E-state index in [1.54, 1.807) is 0 Å². The van der Waals surface area contributed by atoms with Crippen molar-refractivity contribution in [2.45, 2.75) is 20.3 Å². The lowest BCUT2D eigenvalue weighted by Gasteiger charge is -2.10. The third-order valence-corrected chi connectivity index (χ3v) is 3.59. The molecular weight excluding hydrogens is 296 g/mol. The van der Waals surface area contributed by atoms with Gasteiger partial charge in [-0.3, -0.25) is 4.79 Å². The smallest absolute Gasteiger partial charge is 0.257 e. The summed E-state index contributed by atoms with van der Waals surface area (Å²) in [7, 11) is 0. The molecule has 1 N–H and O–H groups in total. The molecular formula is C13H15BrN2O2. The molecule has 4 nitrogen and oxygen atoms in total. The molecule has 0 bridgehead atoms. The Labute approximate surface area is 115 Å². The van der Waals surface area contributed by atoms with E-state index < -0.39 is 0 Å². The zero-order valence-electron chi connectivity index (χ0n) is 10.4. The average Bonchev–Trinajstić information content (AvgIpc) is 2.33. The third kappa shape index (κ3) is 4.38. The van der Waals surface area contributed by atoms with Crippen molar-refractivity contribution in [3.05, 3.63) is 27.7 Å². The van der Waals surface area contributed by atoms with Gasteiger partial charge in [0.25, 0.3) is 5.91 Å². The molecule has 0 atom stereocenters. The fourth-order valence-corrected chi connectivity index (χ4v) is 1.68. The maximum absolute atomic E-state index is 11.4. The standard InChI is InChI=1S/C13H15BrN2O2/c1-9-6-11(7-10(2)13(9)14)18-8-12(17)16-5-3-4-15/h6-7H,3,5,8H2,1-2H3,(H,16,17). The van der Waals surface area contributed by atoms with Gasteiger partial charge >= 0.3 is 0 Å². The molecule has 1 rings (SSSR count). The van der Waals surface area contributed by atoms with E-state index in [9.17, 15) is 4.79 Å².